The van der Waals surface area contributed by atoms with Crippen LogP contribution in [-0.4, -0.2) is 43.6 Å². The van der Waals surface area contributed by atoms with Gasteiger partial charge in [-0.25, -0.2) is 4.79 Å². The predicted octanol–water partition coefficient (Wildman–Crippen LogP) is 2.00. The van der Waals surface area contributed by atoms with Crippen molar-refractivity contribution in [3.05, 3.63) is 12.2 Å². The summed E-state index contributed by atoms with van der Waals surface area (Å²) in [6.07, 6.45) is 5.94. The number of carbonyl (C=O) groups excluding carboxylic acids is 1. The first-order valence-electron chi connectivity index (χ1n) is 5.63. The van der Waals surface area contributed by atoms with Crippen LogP contribution < -0.4 is 5.32 Å². The summed E-state index contributed by atoms with van der Waals surface area (Å²) in [5.74, 6) is 0. The van der Waals surface area contributed by atoms with E-state index in [-0.39, 0.29) is 0 Å². The fourth-order valence-electron chi connectivity index (χ4n) is 0.907. The molecule has 0 atom stereocenters. The molecule has 0 spiro atoms. The van der Waals surface area contributed by atoms with Gasteiger partial charge in [-0.15, -0.1) is 0 Å². The van der Waals surface area contributed by atoms with Crippen molar-refractivity contribution in [3.63, 3.8) is 0 Å². The molecule has 5 heteroatoms. The molecule has 0 fully saturated rings. The average molecular weight is 241 g/mol. The fourth-order valence-corrected chi connectivity index (χ4v) is 0.907. The van der Waals surface area contributed by atoms with E-state index in [1.165, 1.54) is 0 Å². The lowest BCUT2D eigenvalue weighted by Crippen LogP contribution is -2.32. The highest BCUT2D eigenvalue weighted by atomic mass is 16.6. The second-order valence-electron chi connectivity index (χ2n) is 4.74. The molecular weight excluding hydrogens is 218 g/mol. The molecule has 0 aromatic carbocycles. The van der Waals surface area contributed by atoms with Crippen molar-refractivity contribution < 1.29 is 9.53 Å². The van der Waals surface area contributed by atoms with E-state index in [1.807, 2.05) is 47.0 Å². The Hall–Kier alpha value is -1.52. The smallest absolute Gasteiger partial charge is 0.407 e. The number of allylic oxidation sites excluding steroid dienone is 1. The van der Waals surface area contributed by atoms with Crippen LogP contribution in [0.2, 0.25) is 0 Å². The highest BCUT2D eigenvalue weighted by molar-refractivity contribution is 5.67. The molecule has 98 valence electrons. The monoisotopic (exact) mass is 241 g/mol. The van der Waals surface area contributed by atoms with Crippen LogP contribution in [0.4, 0.5) is 4.79 Å². The zero-order valence-electron chi connectivity index (χ0n) is 11.4. The first-order valence-corrected chi connectivity index (χ1v) is 5.63. The Morgan fingerprint density at radius 2 is 2.00 bits per heavy atom. The van der Waals surface area contributed by atoms with E-state index in [1.54, 1.807) is 11.2 Å². The minimum Gasteiger partial charge on any atom is -0.444 e. The number of hydrogen-bond donors (Lipinski definition) is 1. The molecule has 0 radical (unpaired) electrons. The van der Waals surface area contributed by atoms with E-state index in [4.69, 9.17) is 4.74 Å². The Morgan fingerprint density at radius 1 is 1.35 bits per heavy atom. The molecule has 0 saturated heterocycles. The molecule has 5 nitrogen and oxygen atoms in total. The molecule has 17 heavy (non-hydrogen) atoms. The van der Waals surface area contributed by atoms with Gasteiger partial charge in [0.25, 0.3) is 0 Å². The predicted molar refractivity (Wildman–Crippen MR) is 70.2 cm³/mol. The Bertz CT molecular complexity index is 278. The summed E-state index contributed by atoms with van der Waals surface area (Å²) in [6.45, 7) is 5.96. The summed E-state index contributed by atoms with van der Waals surface area (Å²) in [7, 11) is 3.73. The number of hydrazone groups is 1. The van der Waals surface area contributed by atoms with Crippen LogP contribution in [0.1, 0.15) is 27.2 Å². The zero-order chi connectivity index (χ0) is 13.3. The molecule has 0 bridgehead atoms. The lowest BCUT2D eigenvalue weighted by molar-refractivity contribution is 0.0534. The number of nitrogens with one attached hydrogen (secondary N) is 1. The van der Waals surface area contributed by atoms with Crippen molar-refractivity contribution in [1.82, 2.24) is 10.3 Å². The number of hydrogen-bond acceptors (Lipinski definition) is 4. The van der Waals surface area contributed by atoms with Crippen LogP contribution in [-0.2, 0) is 4.74 Å². The molecular formula is C12H23N3O2. The molecule has 0 rings (SSSR count). The van der Waals surface area contributed by atoms with Gasteiger partial charge in [-0.05, 0) is 20.8 Å². The molecule has 0 unspecified atom stereocenters. The van der Waals surface area contributed by atoms with Gasteiger partial charge in [0, 0.05) is 33.3 Å². The summed E-state index contributed by atoms with van der Waals surface area (Å²) in [6, 6.07) is 0. The highest BCUT2D eigenvalue weighted by Crippen LogP contribution is 2.05. The molecule has 0 heterocycles. The maximum atomic E-state index is 11.2. The first kappa shape index (κ1) is 15.5. The van der Waals surface area contributed by atoms with Gasteiger partial charge < -0.3 is 15.1 Å². The van der Waals surface area contributed by atoms with Gasteiger partial charge in [-0.3, -0.25) is 0 Å². The van der Waals surface area contributed by atoms with Crippen LogP contribution in [0.5, 0.6) is 0 Å². The van der Waals surface area contributed by atoms with E-state index in [9.17, 15) is 4.79 Å². The highest BCUT2D eigenvalue weighted by Gasteiger charge is 2.14. The van der Waals surface area contributed by atoms with Crippen molar-refractivity contribution in [2.45, 2.75) is 32.8 Å². The van der Waals surface area contributed by atoms with E-state index >= 15 is 0 Å². The average Bonchev–Trinajstić information content (AvgIpc) is 2.12. The van der Waals surface area contributed by atoms with Crippen LogP contribution >= 0.6 is 0 Å². The Balaban J connectivity index is 3.63. The largest absolute Gasteiger partial charge is 0.444 e. The number of ether oxygens (including phenoxy) is 1. The number of alkyl carbamates (subject to hydrolysis) is 1. The number of amides is 1. The van der Waals surface area contributed by atoms with Crippen molar-refractivity contribution in [1.29, 1.82) is 0 Å². The van der Waals surface area contributed by atoms with E-state index in [2.05, 4.69) is 10.4 Å². The lowest BCUT2D eigenvalue weighted by atomic mass is 10.2. The second-order valence-corrected chi connectivity index (χ2v) is 4.74. The summed E-state index contributed by atoms with van der Waals surface area (Å²) in [5.41, 5.74) is -0.452. The number of nitrogens with zero attached hydrogens (tertiary/aromatic N) is 2. The molecule has 1 amide bonds. The Kier molecular flexibility index (Phi) is 7.02. The Labute approximate surface area is 104 Å². The standard InChI is InChI=1S/C12H23N3O2/c1-12(2,3)17-11(16)13-9-7-6-8-10-14-15(4)5/h6-7,10H,8-9H2,1-5H3,(H,13,16). The van der Waals surface area contributed by atoms with Crippen molar-refractivity contribution in [2.75, 3.05) is 20.6 Å². The van der Waals surface area contributed by atoms with Crippen LogP contribution in [0.25, 0.3) is 0 Å². The molecule has 0 aliphatic rings. The SMILES string of the molecule is CN(C)N=CCC=CCNC(=O)OC(C)(C)C. The third-order valence-corrected chi connectivity index (χ3v) is 1.48. The Morgan fingerprint density at radius 3 is 2.53 bits per heavy atom. The van der Waals surface area contributed by atoms with Crippen molar-refractivity contribution in [2.24, 2.45) is 5.10 Å². The van der Waals surface area contributed by atoms with Gasteiger partial charge in [0.2, 0.25) is 0 Å². The number of carbonyl (C=O) groups is 1. The van der Waals surface area contributed by atoms with Crippen LogP contribution in [0.15, 0.2) is 17.3 Å². The molecule has 0 saturated carbocycles. The third-order valence-electron chi connectivity index (χ3n) is 1.48. The van der Waals surface area contributed by atoms with Gasteiger partial charge in [0.1, 0.15) is 5.60 Å². The molecule has 0 aromatic rings. The van der Waals surface area contributed by atoms with Gasteiger partial charge in [0.05, 0.1) is 0 Å². The number of rotatable bonds is 5. The third kappa shape index (κ3) is 12.4. The fraction of sp³-hybridized carbons (Fsp3) is 0.667. The van der Waals surface area contributed by atoms with Gasteiger partial charge in [-0.2, -0.15) is 5.10 Å². The first-order chi connectivity index (χ1) is 7.81. The normalized spacial score (nSPS) is 12.1. The van der Waals surface area contributed by atoms with Crippen LogP contribution in [0.3, 0.4) is 0 Å². The quantitative estimate of drug-likeness (QED) is 0.455. The molecule has 0 aliphatic heterocycles. The van der Waals surface area contributed by atoms with E-state index in [0.717, 1.165) is 6.42 Å². The summed E-state index contributed by atoms with van der Waals surface area (Å²) in [5, 5.41) is 8.42. The van der Waals surface area contributed by atoms with E-state index in [0.29, 0.717) is 6.54 Å². The molecule has 0 aromatic heterocycles. The summed E-state index contributed by atoms with van der Waals surface area (Å²) >= 11 is 0. The topological polar surface area (TPSA) is 53.9 Å². The summed E-state index contributed by atoms with van der Waals surface area (Å²) in [4.78, 5) is 11.2. The van der Waals surface area contributed by atoms with Crippen LogP contribution in [0, 0.1) is 0 Å². The maximum Gasteiger partial charge on any atom is 0.407 e. The lowest BCUT2D eigenvalue weighted by Gasteiger charge is -2.19. The van der Waals surface area contributed by atoms with Gasteiger partial charge in [0.15, 0.2) is 0 Å². The maximum absolute atomic E-state index is 11.2. The van der Waals surface area contributed by atoms with E-state index < -0.39 is 11.7 Å². The van der Waals surface area contributed by atoms with Crippen molar-refractivity contribution >= 4 is 12.3 Å². The summed E-state index contributed by atoms with van der Waals surface area (Å²) < 4.78 is 5.08. The zero-order valence-corrected chi connectivity index (χ0v) is 11.4. The van der Waals surface area contributed by atoms with Gasteiger partial charge in [-0.1, -0.05) is 12.2 Å². The van der Waals surface area contributed by atoms with Crippen molar-refractivity contribution in [3.8, 4) is 0 Å². The minimum absolute atomic E-state index is 0.399. The van der Waals surface area contributed by atoms with Gasteiger partial charge >= 0.3 is 6.09 Å². The second kappa shape index (κ2) is 7.70. The molecule has 0 aliphatic carbocycles. The molecule has 1 N–H and O–H groups in total. The minimum atomic E-state index is -0.452.